The van der Waals surface area contributed by atoms with Gasteiger partial charge >= 0.3 is 11.9 Å². The SMILES string of the molecule is O=C1CCC(=O)[C@@]2(O1)[C@@H](CO)O[C@H](O[C@H]1O[C@H](CO)[C@@H](O)[C@H](O)[C@H]1O)[C@H](O)[C@@]21OC(=O)CCC1=O. The Kier molecular flexibility index (Phi) is 7.00. The van der Waals surface area contributed by atoms with Crippen molar-refractivity contribution in [2.24, 2.45) is 0 Å². The Balaban J connectivity index is 1.76. The topological polar surface area (TPSA) is 236 Å². The molecule has 35 heavy (non-hydrogen) atoms. The average molecular weight is 506 g/mol. The lowest BCUT2D eigenvalue weighted by atomic mass is 9.64. The average Bonchev–Trinajstić information content (AvgIpc) is 2.83. The van der Waals surface area contributed by atoms with Crippen LogP contribution in [-0.4, -0.2) is 128 Å². The lowest BCUT2D eigenvalue weighted by molar-refractivity contribution is -0.395. The zero-order valence-corrected chi connectivity index (χ0v) is 18.2. The van der Waals surface area contributed by atoms with Gasteiger partial charge in [0.05, 0.1) is 26.1 Å². The summed E-state index contributed by atoms with van der Waals surface area (Å²) in [6, 6.07) is 0. The molecule has 0 saturated carbocycles. The number of ketones is 2. The van der Waals surface area contributed by atoms with Crippen LogP contribution in [0.5, 0.6) is 0 Å². The zero-order valence-electron chi connectivity index (χ0n) is 18.2. The highest BCUT2D eigenvalue weighted by molar-refractivity contribution is 6.07. The van der Waals surface area contributed by atoms with Crippen LogP contribution in [-0.2, 0) is 42.9 Å². The third-order valence-electron chi connectivity index (χ3n) is 6.75. The maximum absolute atomic E-state index is 13.2. The molecule has 6 N–H and O–H groups in total. The predicted octanol–water partition coefficient (Wildman–Crippen LogP) is -4.83. The number of carbonyl (C=O) groups excluding carboxylic acids is 4. The normalized spacial score (nSPS) is 46.6. The number of carbonyl (C=O) groups is 4. The first-order chi connectivity index (χ1) is 16.5. The highest BCUT2D eigenvalue weighted by Crippen LogP contribution is 2.50. The second kappa shape index (κ2) is 9.42. The van der Waals surface area contributed by atoms with Crippen molar-refractivity contribution in [1.82, 2.24) is 0 Å². The summed E-state index contributed by atoms with van der Waals surface area (Å²) in [5.41, 5.74) is -5.58. The lowest BCUT2D eigenvalue weighted by Gasteiger charge is -2.58. The van der Waals surface area contributed by atoms with E-state index in [1.165, 1.54) is 0 Å². The molecule has 0 aromatic rings. The number of Topliss-reactive ketones (excluding diaryl/α,β-unsaturated/α-hetero) is 2. The summed E-state index contributed by atoms with van der Waals surface area (Å²) < 4.78 is 26.7. The van der Waals surface area contributed by atoms with Gasteiger partial charge in [-0.2, -0.15) is 0 Å². The van der Waals surface area contributed by atoms with Crippen LogP contribution in [0.2, 0.25) is 0 Å². The number of ether oxygens (including phenoxy) is 5. The van der Waals surface area contributed by atoms with E-state index in [0.29, 0.717) is 0 Å². The molecule has 4 fully saturated rings. The Bertz CT molecular complexity index is 890. The van der Waals surface area contributed by atoms with Crippen molar-refractivity contribution in [3.63, 3.8) is 0 Å². The van der Waals surface area contributed by atoms with E-state index < -0.39 is 116 Å². The molecule has 196 valence electrons. The minimum atomic E-state index is -2.86. The predicted molar refractivity (Wildman–Crippen MR) is 103 cm³/mol. The number of aliphatic hydroxyl groups is 6. The van der Waals surface area contributed by atoms with Crippen LogP contribution >= 0.6 is 0 Å². The maximum atomic E-state index is 13.2. The van der Waals surface area contributed by atoms with Crippen LogP contribution in [0.1, 0.15) is 25.7 Å². The van der Waals surface area contributed by atoms with Gasteiger partial charge in [-0.1, -0.05) is 0 Å². The van der Waals surface area contributed by atoms with Gasteiger partial charge in [-0.05, 0) is 0 Å². The molecule has 0 unspecified atom stereocenters. The fourth-order valence-electron chi connectivity index (χ4n) is 4.99. The molecule has 0 amide bonds. The van der Waals surface area contributed by atoms with Crippen LogP contribution in [0.25, 0.3) is 0 Å². The van der Waals surface area contributed by atoms with E-state index in [-0.39, 0.29) is 6.42 Å². The molecule has 4 heterocycles. The van der Waals surface area contributed by atoms with E-state index in [9.17, 15) is 49.8 Å². The van der Waals surface area contributed by atoms with Crippen molar-refractivity contribution in [3.05, 3.63) is 0 Å². The van der Waals surface area contributed by atoms with Crippen molar-refractivity contribution in [2.75, 3.05) is 13.2 Å². The minimum absolute atomic E-state index is 0.363. The Morgan fingerprint density at radius 2 is 1.29 bits per heavy atom. The summed E-state index contributed by atoms with van der Waals surface area (Å²) in [4.78, 5) is 50.9. The van der Waals surface area contributed by atoms with Crippen LogP contribution in [0.3, 0.4) is 0 Å². The number of aliphatic hydroxyl groups excluding tert-OH is 6. The Morgan fingerprint density at radius 3 is 1.86 bits per heavy atom. The first-order valence-corrected chi connectivity index (χ1v) is 10.9. The number of hydrogen-bond acceptors (Lipinski definition) is 15. The van der Waals surface area contributed by atoms with Crippen molar-refractivity contribution in [3.8, 4) is 0 Å². The van der Waals surface area contributed by atoms with Crippen molar-refractivity contribution in [2.45, 2.75) is 86.1 Å². The molecular weight excluding hydrogens is 480 g/mol. The molecule has 4 aliphatic heterocycles. The highest BCUT2D eigenvalue weighted by atomic mass is 16.8. The fourth-order valence-corrected chi connectivity index (χ4v) is 4.99. The summed E-state index contributed by atoms with van der Waals surface area (Å²) in [5, 5.41) is 60.9. The van der Waals surface area contributed by atoms with Gasteiger partial charge in [-0.3, -0.25) is 19.2 Å². The second-order valence-electron chi connectivity index (χ2n) is 8.72. The molecule has 15 nitrogen and oxygen atoms in total. The number of hydrogen-bond donors (Lipinski definition) is 6. The third-order valence-corrected chi connectivity index (χ3v) is 6.75. The Hall–Kier alpha value is -2.08. The molecule has 0 aromatic carbocycles. The molecular formula is C20H26O15. The maximum Gasteiger partial charge on any atom is 0.307 e. The summed E-state index contributed by atoms with van der Waals surface area (Å²) in [5.74, 6) is -3.93. The second-order valence-corrected chi connectivity index (χ2v) is 8.72. The van der Waals surface area contributed by atoms with E-state index in [2.05, 4.69) is 0 Å². The van der Waals surface area contributed by atoms with Crippen LogP contribution < -0.4 is 0 Å². The molecule has 0 radical (unpaired) electrons. The van der Waals surface area contributed by atoms with Gasteiger partial charge in [-0.25, -0.2) is 0 Å². The summed E-state index contributed by atoms with van der Waals surface area (Å²) >= 11 is 0. The van der Waals surface area contributed by atoms with Gasteiger partial charge in [0, 0.05) is 12.8 Å². The summed E-state index contributed by atoms with van der Waals surface area (Å²) in [6.45, 7) is -1.86. The van der Waals surface area contributed by atoms with Crippen LogP contribution in [0.4, 0.5) is 0 Å². The molecule has 0 aliphatic carbocycles. The quantitative estimate of drug-likeness (QED) is 0.196. The van der Waals surface area contributed by atoms with E-state index in [1.807, 2.05) is 0 Å². The minimum Gasteiger partial charge on any atom is -0.443 e. The first-order valence-electron chi connectivity index (χ1n) is 10.9. The zero-order chi connectivity index (χ0) is 25.7. The van der Waals surface area contributed by atoms with Gasteiger partial charge in [0.1, 0.15) is 30.5 Å². The van der Waals surface area contributed by atoms with Crippen molar-refractivity contribution >= 4 is 23.5 Å². The molecule has 2 spiro atoms. The van der Waals surface area contributed by atoms with Gasteiger partial charge in [0.2, 0.25) is 11.2 Å². The van der Waals surface area contributed by atoms with E-state index in [4.69, 9.17) is 23.7 Å². The van der Waals surface area contributed by atoms with E-state index in [1.54, 1.807) is 0 Å². The Morgan fingerprint density at radius 1 is 0.714 bits per heavy atom. The van der Waals surface area contributed by atoms with E-state index in [0.717, 1.165) is 0 Å². The van der Waals surface area contributed by atoms with Crippen molar-refractivity contribution < 1.29 is 73.5 Å². The first kappa shape index (κ1) is 26.0. The van der Waals surface area contributed by atoms with E-state index >= 15 is 0 Å². The molecule has 4 aliphatic rings. The molecule has 0 bridgehead atoms. The van der Waals surface area contributed by atoms with Gasteiger partial charge < -0.3 is 54.3 Å². The highest BCUT2D eigenvalue weighted by Gasteiger charge is 2.79. The van der Waals surface area contributed by atoms with Gasteiger partial charge in [0.25, 0.3) is 0 Å². The number of fused-ring (bicyclic) bond motifs is 1. The lowest BCUT2D eigenvalue weighted by Crippen LogP contribution is -2.84. The third kappa shape index (κ3) is 3.78. The monoisotopic (exact) mass is 506 g/mol. The Labute approximate surface area is 197 Å². The standard InChI is InChI=1S/C20H26O15/c21-5-7-13(27)14(28)15(29)17(31-7)33-18-16(30)20(9(24)2-4-12(26)35-20)19(10(6-22)32-18)8(23)1-3-11(25)34-19/h7,10,13-18,21-22,27-30H,1-6H2/t7-,10-,13-,14+,15-,16+,17-,18-,19-,20-/m1/s1. The molecule has 0 aromatic heterocycles. The smallest absolute Gasteiger partial charge is 0.307 e. The van der Waals surface area contributed by atoms with Crippen LogP contribution in [0.15, 0.2) is 0 Å². The van der Waals surface area contributed by atoms with Gasteiger partial charge in [0.15, 0.2) is 30.3 Å². The van der Waals surface area contributed by atoms with Crippen LogP contribution in [0, 0.1) is 0 Å². The largest absolute Gasteiger partial charge is 0.443 e. The van der Waals surface area contributed by atoms with Gasteiger partial charge in [-0.15, -0.1) is 0 Å². The summed E-state index contributed by atoms with van der Waals surface area (Å²) in [6.07, 6.45) is -16.8. The van der Waals surface area contributed by atoms with Crippen molar-refractivity contribution in [1.29, 1.82) is 0 Å². The molecule has 4 rings (SSSR count). The molecule has 15 heteroatoms. The molecule has 10 atom stereocenters. The molecule has 4 saturated heterocycles. The number of rotatable bonds is 4. The fraction of sp³-hybridized carbons (Fsp3) is 0.800. The summed E-state index contributed by atoms with van der Waals surface area (Å²) in [7, 11) is 0. The number of esters is 2.